The molecule has 0 saturated carbocycles. The molecule has 1 atom stereocenters. The highest BCUT2D eigenvalue weighted by Crippen LogP contribution is 2.15. The Hall–Kier alpha value is -2.42. The van der Waals surface area contributed by atoms with Gasteiger partial charge in [0.2, 0.25) is 0 Å². The molecule has 0 aliphatic carbocycles. The smallest absolute Gasteiger partial charge is 0.379 e. The number of carboxylic acids is 1. The molecule has 0 aromatic carbocycles. The van der Waals surface area contributed by atoms with Gasteiger partial charge in [0, 0.05) is 12.2 Å². The van der Waals surface area contributed by atoms with Crippen LogP contribution in [0.2, 0.25) is 0 Å². The van der Waals surface area contributed by atoms with E-state index in [1.54, 1.807) is 0 Å². The molecule has 9 nitrogen and oxygen atoms in total. The van der Waals surface area contributed by atoms with Crippen LogP contribution in [0, 0.1) is 0 Å². The fourth-order valence-electron chi connectivity index (χ4n) is 0.832. The van der Waals surface area contributed by atoms with E-state index in [1.807, 2.05) is 0 Å². The van der Waals surface area contributed by atoms with Gasteiger partial charge in [-0.3, -0.25) is 0 Å². The first-order valence-electron chi connectivity index (χ1n) is 4.11. The number of hydrogen-bond donors (Lipinski definition) is 2. The van der Waals surface area contributed by atoms with Gasteiger partial charge < -0.3 is 14.9 Å². The Kier molecular flexibility index (Phi) is 3.43. The topological polar surface area (TPSA) is 136 Å². The first-order chi connectivity index (χ1) is 7.83. The molecule has 0 fully saturated rings. The van der Waals surface area contributed by atoms with Crippen molar-refractivity contribution in [2.45, 2.75) is 12.2 Å². The molecule has 17 heavy (non-hydrogen) atoms. The molecule has 1 rings (SSSR count). The van der Waals surface area contributed by atoms with Crippen molar-refractivity contribution in [1.29, 1.82) is 0 Å². The molecule has 0 radical (unpaired) electrons. The van der Waals surface area contributed by atoms with Crippen LogP contribution in [-0.4, -0.2) is 39.9 Å². The van der Waals surface area contributed by atoms with Gasteiger partial charge in [-0.15, -0.1) is 0 Å². The number of aliphatic carboxylic acids is 1. The fraction of sp³-hybridized carbons (Fsp3) is 0.250. The number of cyclic esters (lactones) is 1. The maximum atomic E-state index is 11.0. The van der Waals surface area contributed by atoms with Crippen LogP contribution in [0.25, 0.3) is 0 Å². The summed E-state index contributed by atoms with van der Waals surface area (Å²) in [6.45, 7) is 0. The lowest BCUT2D eigenvalue weighted by molar-refractivity contribution is -0.266. The zero-order valence-electron chi connectivity index (χ0n) is 8.11. The molecule has 0 spiro atoms. The molecule has 0 aromatic rings. The minimum Gasteiger partial charge on any atom is -0.476 e. The number of ether oxygens (including phenoxy) is 1. The normalized spacial score (nSPS) is 27.5. The van der Waals surface area contributed by atoms with Gasteiger partial charge >= 0.3 is 29.7 Å². The van der Waals surface area contributed by atoms with Crippen molar-refractivity contribution < 1.29 is 43.9 Å². The van der Waals surface area contributed by atoms with Crippen molar-refractivity contribution >= 4 is 23.9 Å². The highest BCUT2D eigenvalue weighted by Gasteiger charge is 2.44. The van der Waals surface area contributed by atoms with Gasteiger partial charge in [0.05, 0.1) is 0 Å². The van der Waals surface area contributed by atoms with Gasteiger partial charge in [-0.1, -0.05) is 0 Å². The summed E-state index contributed by atoms with van der Waals surface area (Å²) >= 11 is 0. The van der Waals surface area contributed by atoms with Crippen LogP contribution in [-0.2, 0) is 33.7 Å². The Morgan fingerprint density at radius 2 is 1.76 bits per heavy atom. The van der Waals surface area contributed by atoms with E-state index in [-0.39, 0.29) is 0 Å². The first kappa shape index (κ1) is 12.6. The molecular formula is C8H6O9. The van der Waals surface area contributed by atoms with E-state index in [0.717, 1.165) is 0 Å². The van der Waals surface area contributed by atoms with Crippen molar-refractivity contribution in [3.05, 3.63) is 12.2 Å². The molecule has 0 bridgehead atoms. The van der Waals surface area contributed by atoms with E-state index in [4.69, 9.17) is 5.11 Å². The van der Waals surface area contributed by atoms with Gasteiger partial charge in [0.15, 0.2) is 0 Å². The summed E-state index contributed by atoms with van der Waals surface area (Å²) in [5, 5.41) is 18.0. The molecule has 2 N–H and O–H groups in total. The molecule has 92 valence electrons. The number of rotatable bonds is 1. The van der Waals surface area contributed by atoms with E-state index in [0.29, 0.717) is 12.2 Å². The van der Waals surface area contributed by atoms with Gasteiger partial charge in [0.25, 0.3) is 0 Å². The molecule has 9 heteroatoms. The Balaban J connectivity index is 2.99. The summed E-state index contributed by atoms with van der Waals surface area (Å²) in [5.41, 5.74) is 0. The zero-order valence-corrected chi connectivity index (χ0v) is 8.11. The van der Waals surface area contributed by atoms with Crippen LogP contribution >= 0.6 is 0 Å². The second-order valence-corrected chi connectivity index (χ2v) is 2.88. The lowest BCUT2D eigenvalue weighted by atomic mass is 10.2. The standard InChI is InChI=1S/C8H6O9/c9-4-1-2-5(10)16-17-6(11)3-8(14,15-4)7(12)13/h1-2,14H,3H2,(H,12,13)/b2-1+. The highest BCUT2D eigenvalue weighted by molar-refractivity contribution is 5.94. The maximum Gasteiger partial charge on any atom is 0.379 e. The minimum absolute atomic E-state index is 0.509. The number of carbonyl (C=O) groups is 4. The van der Waals surface area contributed by atoms with Crippen LogP contribution in [0.1, 0.15) is 6.42 Å². The second kappa shape index (κ2) is 4.61. The SMILES string of the molecule is O=C1/C=C/C(=O)OC(O)(C(=O)O)CC(=O)OO1. The average molecular weight is 246 g/mol. The molecule has 0 amide bonds. The Labute approximate surface area is 93.1 Å². The third kappa shape index (κ3) is 3.28. The first-order valence-corrected chi connectivity index (χ1v) is 4.11. The van der Waals surface area contributed by atoms with E-state index < -0.39 is 36.1 Å². The fourth-order valence-corrected chi connectivity index (χ4v) is 0.832. The Morgan fingerprint density at radius 3 is 2.35 bits per heavy atom. The average Bonchev–Trinajstić information content (AvgIpc) is 2.22. The Bertz CT molecular complexity index is 409. The largest absolute Gasteiger partial charge is 0.476 e. The molecule has 1 aliphatic rings. The van der Waals surface area contributed by atoms with Crippen LogP contribution in [0.5, 0.6) is 0 Å². The molecule has 0 aromatic heterocycles. The summed E-state index contributed by atoms with van der Waals surface area (Å²) in [6, 6.07) is 0. The number of esters is 1. The van der Waals surface area contributed by atoms with Crippen LogP contribution < -0.4 is 0 Å². The number of hydrogen-bond acceptors (Lipinski definition) is 8. The summed E-state index contributed by atoms with van der Waals surface area (Å²) in [5.74, 6) is -8.95. The number of carbonyl (C=O) groups excluding carboxylic acids is 3. The molecule has 0 saturated heterocycles. The molecule has 1 heterocycles. The quantitative estimate of drug-likeness (QED) is 0.408. The van der Waals surface area contributed by atoms with Gasteiger partial charge in [-0.25, -0.2) is 29.0 Å². The summed E-state index contributed by atoms with van der Waals surface area (Å²) < 4.78 is 4.12. The predicted octanol–water partition coefficient (Wildman–Crippen LogP) is -1.74. The summed E-state index contributed by atoms with van der Waals surface area (Å²) in [7, 11) is 0. The summed E-state index contributed by atoms with van der Waals surface area (Å²) in [6.07, 6.45) is -0.187. The van der Waals surface area contributed by atoms with E-state index in [9.17, 15) is 24.3 Å². The molecular weight excluding hydrogens is 240 g/mol. The molecule has 1 unspecified atom stereocenters. The minimum atomic E-state index is -3.08. The lowest BCUT2D eigenvalue weighted by Crippen LogP contribution is -2.45. The summed E-state index contributed by atoms with van der Waals surface area (Å²) in [4.78, 5) is 51.0. The van der Waals surface area contributed by atoms with Gasteiger partial charge in [0.1, 0.15) is 6.42 Å². The van der Waals surface area contributed by atoms with Crippen molar-refractivity contribution in [2.24, 2.45) is 0 Å². The monoisotopic (exact) mass is 246 g/mol. The third-order valence-electron chi connectivity index (χ3n) is 1.56. The Morgan fingerprint density at radius 1 is 1.18 bits per heavy atom. The van der Waals surface area contributed by atoms with Crippen LogP contribution in [0.4, 0.5) is 0 Å². The van der Waals surface area contributed by atoms with Crippen molar-refractivity contribution in [3.63, 3.8) is 0 Å². The van der Waals surface area contributed by atoms with Crippen molar-refractivity contribution in [2.75, 3.05) is 0 Å². The predicted molar refractivity (Wildman–Crippen MR) is 44.6 cm³/mol. The highest BCUT2D eigenvalue weighted by atomic mass is 17.2. The third-order valence-corrected chi connectivity index (χ3v) is 1.56. The number of carboxylic acid groups (broad SMARTS) is 1. The van der Waals surface area contributed by atoms with Crippen molar-refractivity contribution in [1.82, 2.24) is 0 Å². The van der Waals surface area contributed by atoms with Crippen LogP contribution in [0.15, 0.2) is 12.2 Å². The van der Waals surface area contributed by atoms with E-state index in [2.05, 4.69) is 14.5 Å². The van der Waals surface area contributed by atoms with Crippen molar-refractivity contribution in [3.8, 4) is 0 Å². The van der Waals surface area contributed by atoms with E-state index >= 15 is 0 Å². The zero-order chi connectivity index (χ0) is 13.1. The second-order valence-electron chi connectivity index (χ2n) is 2.88. The van der Waals surface area contributed by atoms with Gasteiger partial charge in [-0.2, -0.15) is 0 Å². The van der Waals surface area contributed by atoms with E-state index in [1.165, 1.54) is 0 Å². The van der Waals surface area contributed by atoms with Crippen LogP contribution in [0.3, 0.4) is 0 Å². The van der Waals surface area contributed by atoms with Gasteiger partial charge in [-0.05, 0) is 0 Å². The molecule has 1 aliphatic heterocycles. The maximum absolute atomic E-state index is 11.0. The lowest BCUT2D eigenvalue weighted by Gasteiger charge is -2.21. The number of aliphatic hydroxyl groups is 1.